The van der Waals surface area contributed by atoms with Gasteiger partial charge in [-0.1, -0.05) is 0 Å². The normalized spacial score (nSPS) is 29.9. The van der Waals surface area contributed by atoms with Crippen LogP contribution in [0.15, 0.2) is 28.4 Å². The molecule has 18 heteroatoms. The number of aromatic nitrogens is 6. The van der Waals surface area contributed by atoms with Gasteiger partial charge in [-0.2, -0.15) is 0 Å². The van der Waals surface area contributed by atoms with Crippen LogP contribution in [0.4, 0.5) is 5.82 Å². The first-order chi connectivity index (χ1) is 20.2. The summed E-state index contributed by atoms with van der Waals surface area (Å²) in [6.07, 6.45) is 0.986. The van der Waals surface area contributed by atoms with Gasteiger partial charge in [0.2, 0.25) is 0 Å². The molecule has 3 saturated heterocycles. The van der Waals surface area contributed by atoms with Gasteiger partial charge in [0.15, 0.2) is 11.5 Å². The Kier molecular flexibility index (Phi) is 8.01. The van der Waals surface area contributed by atoms with Gasteiger partial charge in [-0.05, 0) is 19.8 Å². The summed E-state index contributed by atoms with van der Waals surface area (Å²) in [6.45, 7) is 1.82. The minimum Gasteiger partial charge on any atom is -0.394 e. The number of fused-ring (bicyclic) bond motifs is 1. The topological polar surface area (TPSA) is 222 Å². The third kappa shape index (κ3) is 5.42. The van der Waals surface area contributed by atoms with Crippen molar-refractivity contribution < 1.29 is 33.3 Å². The van der Waals surface area contributed by atoms with Gasteiger partial charge in [-0.25, -0.2) is 29.0 Å². The number of nitrogens with two attached hydrogens (primary N) is 1. The molecule has 1 unspecified atom stereocenters. The van der Waals surface area contributed by atoms with E-state index in [9.17, 15) is 24.4 Å². The van der Waals surface area contributed by atoms with Crippen LogP contribution in [0.3, 0.4) is 0 Å². The third-order valence-corrected chi connectivity index (χ3v) is 9.92. The quantitative estimate of drug-likeness (QED) is 0.231. The lowest BCUT2D eigenvalue weighted by atomic mass is 10.2. The zero-order valence-electron chi connectivity index (χ0n) is 22.8. The van der Waals surface area contributed by atoms with Crippen molar-refractivity contribution in [2.45, 2.75) is 69.5 Å². The molecule has 228 valence electrons. The van der Waals surface area contributed by atoms with E-state index in [0.29, 0.717) is 29.8 Å². The number of aliphatic hydroxyl groups excluding tert-OH is 2. The predicted molar refractivity (Wildman–Crippen MR) is 145 cm³/mol. The van der Waals surface area contributed by atoms with Gasteiger partial charge in [0.25, 0.3) is 5.56 Å². The molecular formula is C24H33N8O9P. The van der Waals surface area contributed by atoms with Crippen molar-refractivity contribution in [3.05, 3.63) is 45.3 Å². The van der Waals surface area contributed by atoms with Gasteiger partial charge in [0, 0.05) is 37.7 Å². The number of nitrogens with zero attached hydrogens (tertiary/aromatic N) is 6. The Morgan fingerprint density at radius 1 is 1.12 bits per heavy atom. The molecule has 5 N–H and O–H groups in total. The van der Waals surface area contributed by atoms with Crippen molar-refractivity contribution in [1.29, 1.82) is 0 Å². The maximum atomic E-state index is 14.3. The minimum absolute atomic E-state index is 0.0615. The number of aromatic amines is 1. The molecule has 42 heavy (non-hydrogen) atoms. The molecule has 0 saturated carbocycles. The van der Waals surface area contributed by atoms with Crippen LogP contribution in [-0.4, -0.2) is 94.7 Å². The zero-order valence-corrected chi connectivity index (χ0v) is 23.7. The number of H-pyrrole nitrogens is 1. The number of anilines is 1. The largest absolute Gasteiger partial charge is 0.408 e. The second-order valence-corrected chi connectivity index (χ2v) is 12.6. The van der Waals surface area contributed by atoms with Crippen LogP contribution in [0, 0.1) is 6.92 Å². The lowest BCUT2D eigenvalue weighted by molar-refractivity contribution is -0.0547. The fourth-order valence-corrected chi connectivity index (χ4v) is 7.56. The number of hydrogen-bond donors (Lipinski definition) is 4. The Balaban J connectivity index is 1.18. The first kappa shape index (κ1) is 29.1. The SMILES string of the molecule is Cc1cn([C@H]2C[C@H](O)[C@@H](COP(=O)(O[C@H]3C[C@H](n4cnc5c(N)ncnc54)O[C@@H]3CO)N3CCCC3)O2)c(=O)[nH]c1=O. The molecule has 0 bridgehead atoms. The highest BCUT2D eigenvalue weighted by molar-refractivity contribution is 7.51. The number of imidazole rings is 1. The maximum absolute atomic E-state index is 14.3. The van der Waals surface area contributed by atoms with Gasteiger partial charge in [0.05, 0.1) is 25.6 Å². The van der Waals surface area contributed by atoms with Crippen LogP contribution < -0.4 is 17.0 Å². The lowest BCUT2D eigenvalue weighted by Gasteiger charge is -2.31. The molecule has 3 aliphatic heterocycles. The fourth-order valence-electron chi connectivity index (χ4n) is 5.53. The summed E-state index contributed by atoms with van der Waals surface area (Å²) in [7, 11) is -3.96. The van der Waals surface area contributed by atoms with E-state index in [4.69, 9.17) is 24.3 Å². The Bertz CT molecular complexity index is 1600. The number of hydrogen-bond acceptors (Lipinski definition) is 13. The highest BCUT2D eigenvalue weighted by Crippen LogP contribution is 2.57. The Labute approximate surface area is 238 Å². The monoisotopic (exact) mass is 608 g/mol. The summed E-state index contributed by atoms with van der Waals surface area (Å²) >= 11 is 0. The highest BCUT2D eigenvalue weighted by Gasteiger charge is 2.46. The Morgan fingerprint density at radius 2 is 1.86 bits per heavy atom. The number of aryl methyl sites for hydroxylation is 1. The van der Waals surface area contributed by atoms with Crippen LogP contribution >= 0.6 is 7.75 Å². The van der Waals surface area contributed by atoms with Crippen molar-refractivity contribution in [2.24, 2.45) is 0 Å². The molecule has 7 atom stereocenters. The van der Waals surface area contributed by atoms with Crippen molar-refractivity contribution in [1.82, 2.24) is 33.7 Å². The maximum Gasteiger partial charge on any atom is 0.408 e. The van der Waals surface area contributed by atoms with Crippen LogP contribution in [0.5, 0.6) is 0 Å². The van der Waals surface area contributed by atoms with Gasteiger partial charge in [-0.3, -0.25) is 28.0 Å². The number of nitrogen functional groups attached to an aromatic ring is 1. The number of nitrogens with one attached hydrogen (secondary N) is 1. The number of aliphatic hydroxyl groups is 2. The van der Waals surface area contributed by atoms with Crippen LogP contribution in [0.25, 0.3) is 11.2 Å². The molecule has 0 spiro atoms. The van der Waals surface area contributed by atoms with Crippen molar-refractivity contribution in [3.63, 3.8) is 0 Å². The van der Waals surface area contributed by atoms with Crippen molar-refractivity contribution >= 4 is 24.7 Å². The number of rotatable bonds is 9. The summed E-state index contributed by atoms with van der Waals surface area (Å²) < 4.78 is 42.8. The summed E-state index contributed by atoms with van der Waals surface area (Å²) in [5.41, 5.74) is 5.91. The molecule has 3 fully saturated rings. The van der Waals surface area contributed by atoms with E-state index in [1.807, 2.05) is 0 Å². The molecule has 0 aromatic carbocycles. The Morgan fingerprint density at radius 3 is 2.62 bits per heavy atom. The number of ether oxygens (including phenoxy) is 2. The van der Waals surface area contributed by atoms with Gasteiger partial charge in [-0.15, -0.1) is 0 Å². The van der Waals surface area contributed by atoms with E-state index < -0.39 is 62.5 Å². The van der Waals surface area contributed by atoms with Crippen LogP contribution in [0.1, 0.15) is 43.7 Å². The summed E-state index contributed by atoms with van der Waals surface area (Å²) in [6, 6.07) is 0. The summed E-state index contributed by atoms with van der Waals surface area (Å²) in [5.74, 6) is 0.217. The molecule has 6 heterocycles. The molecule has 3 aliphatic rings. The molecule has 3 aromatic heterocycles. The molecule has 3 aromatic rings. The van der Waals surface area contributed by atoms with E-state index in [1.54, 1.807) is 16.2 Å². The van der Waals surface area contributed by atoms with E-state index in [2.05, 4.69) is 19.9 Å². The molecule has 0 amide bonds. The van der Waals surface area contributed by atoms with Crippen molar-refractivity contribution in [2.75, 3.05) is 32.0 Å². The summed E-state index contributed by atoms with van der Waals surface area (Å²) in [5, 5.41) is 20.8. The Hall–Kier alpha value is -3.02. The molecule has 0 aliphatic carbocycles. The van der Waals surface area contributed by atoms with E-state index in [0.717, 1.165) is 12.8 Å². The molecule has 6 rings (SSSR count). The van der Waals surface area contributed by atoms with E-state index in [1.165, 1.54) is 23.4 Å². The first-order valence-electron chi connectivity index (χ1n) is 13.7. The molecular weight excluding hydrogens is 575 g/mol. The average molecular weight is 609 g/mol. The average Bonchev–Trinajstić information content (AvgIpc) is 3.76. The second-order valence-electron chi connectivity index (χ2n) is 10.6. The zero-order chi connectivity index (χ0) is 29.6. The summed E-state index contributed by atoms with van der Waals surface area (Å²) in [4.78, 5) is 38.8. The predicted octanol–water partition coefficient (Wildman–Crippen LogP) is -0.199. The van der Waals surface area contributed by atoms with Crippen molar-refractivity contribution in [3.8, 4) is 0 Å². The third-order valence-electron chi connectivity index (χ3n) is 7.82. The molecule has 0 radical (unpaired) electrons. The van der Waals surface area contributed by atoms with Crippen LogP contribution in [-0.2, 0) is 23.1 Å². The van der Waals surface area contributed by atoms with E-state index >= 15 is 0 Å². The lowest BCUT2D eigenvalue weighted by Crippen LogP contribution is -2.34. The second kappa shape index (κ2) is 11.6. The first-order valence-corrected chi connectivity index (χ1v) is 15.2. The van der Waals surface area contributed by atoms with Crippen LogP contribution in [0.2, 0.25) is 0 Å². The van der Waals surface area contributed by atoms with Gasteiger partial charge < -0.3 is 25.4 Å². The fraction of sp³-hybridized carbons (Fsp3) is 0.625. The smallest absolute Gasteiger partial charge is 0.394 e. The minimum atomic E-state index is -3.96. The molecule has 17 nitrogen and oxygen atoms in total. The van der Waals surface area contributed by atoms with Gasteiger partial charge >= 0.3 is 13.4 Å². The highest BCUT2D eigenvalue weighted by atomic mass is 31.2. The standard InChI is InChI=1S/C24H33N8O9P/c1-13-8-31(24(36)29-23(13)35)18-6-14(34)17(40-18)10-38-42(37,30-4-2-3-5-30)41-15-7-19(39-16(15)9-33)32-12-28-20-21(25)26-11-27-22(20)32/h8,11-12,14-19,33-34H,2-7,9-10H2,1H3,(H2,25,26,27)(H,29,35,36)/t14-,15-,16+,17+,18+,19+,42?/m0/s1. The van der Waals surface area contributed by atoms with Gasteiger partial charge in [0.1, 0.15) is 42.6 Å². The van der Waals surface area contributed by atoms with E-state index in [-0.39, 0.29) is 25.3 Å².